The molecule has 1 atom stereocenters. The Bertz CT molecular complexity index is 384. The minimum atomic E-state index is 0.115. The quantitative estimate of drug-likeness (QED) is 0.758. The molecule has 0 bridgehead atoms. The van der Waals surface area contributed by atoms with Crippen molar-refractivity contribution in [2.75, 3.05) is 7.05 Å². The molecule has 0 aliphatic carbocycles. The third kappa shape index (κ3) is 5.47. The summed E-state index contributed by atoms with van der Waals surface area (Å²) in [6.45, 7) is 6.89. The van der Waals surface area contributed by atoms with Gasteiger partial charge in [-0.05, 0) is 38.9 Å². The van der Waals surface area contributed by atoms with E-state index in [2.05, 4.69) is 40.6 Å². The zero-order valence-electron chi connectivity index (χ0n) is 12.6. The molecule has 19 heavy (non-hydrogen) atoms. The maximum absolute atomic E-state index is 11.6. The van der Waals surface area contributed by atoms with Gasteiger partial charge < -0.3 is 15.2 Å². The highest BCUT2D eigenvalue weighted by atomic mass is 16.1. The fraction of sp³-hybridized carbons (Fsp3) is 0.667. The smallest absolute Gasteiger partial charge is 0.221 e. The van der Waals surface area contributed by atoms with Crippen LogP contribution in [0.25, 0.3) is 0 Å². The van der Waals surface area contributed by atoms with Gasteiger partial charge in [-0.2, -0.15) is 0 Å². The van der Waals surface area contributed by atoms with Gasteiger partial charge in [-0.1, -0.05) is 13.3 Å². The van der Waals surface area contributed by atoms with E-state index in [0.717, 1.165) is 19.4 Å². The molecular weight excluding hydrogens is 238 g/mol. The highest BCUT2D eigenvalue weighted by Gasteiger charge is 2.10. The van der Waals surface area contributed by atoms with E-state index in [0.29, 0.717) is 12.5 Å². The predicted molar refractivity (Wildman–Crippen MR) is 79.0 cm³/mol. The molecule has 1 aromatic heterocycles. The fourth-order valence-electron chi connectivity index (χ4n) is 2.20. The number of aryl methyl sites for hydroxylation is 1. The molecule has 0 aromatic carbocycles. The number of carbonyl (C=O) groups excluding carboxylic acids is 1. The Morgan fingerprint density at radius 3 is 2.74 bits per heavy atom. The average Bonchev–Trinajstić information content (AvgIpc) is 2.81. The van der Waals surface area contributed by atoms with Crippen LogP contribution in [0.1, 0.15) is 51.6 Å². The van der Waals surface area contributed by atoms with Crippen LogP contribution >= 0.6 is 0 Å². The zero-order chi connectivity index (χ0) is 14.3. The maximum atomic E-state index is 11.6. The summed E-state index contributed by atoms with van der Waals surface area (Å²) in [7, 11) is 1.99. The van der Waals surface area contributed by atoms with Crippen LogP contribution < -0.4 is 10.6 Å². The molecule has 0 fully saturated rings. The van der Waals surface area contributed by atoms with E-state index in [9.17, 15) is 4.79 Å². The molecule has 1 rings (SSSR count). The lowest BCUT2D eigenvalue weighted by molar-refractivity contribution is -0.121. The molecule has 0 saturated heterocycles. The minimum absolute atomic E-state index is 0.115. The molecule has 0 saturated carbocycles. The Hall–Kier alpha value is -1.29. The van der Waals surface area contributed by atoms with Gasteiger partial charge in [0.25, 0.3) is 0 Å². The molecule has 4 nitrogen and oxygen atoms in total. The van der Waals surface area contributed by atoms with Gasteiger partial charge in [0.15, 0.2) is 0 Å². The summed E-state index contributed by atoms with van der Waals surface area (Å²) in [4.78, 5) is 11.6. The summed E-state index contributed by atoms with van der Waals surface area (Å²) in [6.07, 6.45) is 7.02. The Morgan fingerprint density at radius 1 is 1.42 bits per heavy atom. The molecule has 0 aliphatic rings. The topological polar surface area (TPSA) is 46.1 Å². The standard InChI is InChI=1S/C15H27N3O/c1-5-6-14(16-4)13-7-9-18(11-13)10-8-15(19)17-12(2)3/h7,9,11-12,14,16H,5-6,8,10H2,1-4H3,(H,17,19). The lowest BCUT2D eigenvalue weighted by atomic mass is 10.1. The third-order valence-electron chi connectivity index (χ3n) is 3.15. The van der Waals surface area contributed by atoms with E-state index in [1.165, 1.54) is 5.56 Å². The van der Waals surface area contributed by atoms with Gasteiger partial charge in [0.05, 0.1) is 0 Å². The Balaban J connectivity index is 2.48. The Labute approximate surface area is 116 Å². The molecule has 4 heteroatoms. The second-order valence-electron chi connectivity index (χ2n) is 5.28. The molecule has 0 spiro atoms. The number of amides is 1. The van der Waals surface area contributed by atoms with E-state index in [-0.39, 0.29) is 11.9 Å². The van der Waals surface area contributed by atoms with Crippen LogP contribution in [0.3, 0.4) is 0 Å². The molecular formula is C15H27N3O. The molecule has 0 radical (unpaired) electrons. The first kappa shape index (κ1) is 15.8. The van der Waals surface area contributed by atoms with Gasteiger partial charge in [-0.15, -0.1) is 0 Å². The van der Waals surface area contributed by atoms with Crippen molar-refractivity contribution in [3.63, 3.8) is 0 Å². The van der Waals surface area contributed by atoms with Gasteiger partial charge in [0, 0.05) is 37.4 Å². The summed E-state index contributed by atoms with van der Waals surface area (Å²) in [5.41, 5.74) is 1.30. The first-order valence-corrected chi connectivity index (χ1v) is 7.19. The van der Waals surface area contributed by atoms with Gasteiger partial charge in [0.1, 0.15) is 0 Å². The van der Waals surface area contributed by atoms with Crippen molar-refractivity contribution < 1.29 is 4.79 Å². The van der Waals surface area contributed by atoms with Crippen LogP contribution in [0.4, 0.5) is 0 Å². The van der Waals surface area contributed by atoms with Gasteiger partial charge in [-0.3, -0.25) is 4.79 Å². The number of aromatic nitrogens is 1. The summed E-state index contributed by atoms with van der Waals surface area (Å²) in [5.74, 6) is 0.115. The molecule has 1 amide bonds. The first-order chi connectivity index (χ1) is 9.06. The molecule has 1 unspecified atom stereocenters. The van der Waals surface area contributed by atoms with Gasteiger partial charge >= 0.3 is 0 Å². The van der Waals surface area contributed by atoms with Crippen LogP contribution in [0.5, 0.6) is 0 Å². The molecule has 2 N–H and O–H groups in total. The van der Waals surface area contributed by atoms with E-state index < -0.39 is 0 Å². The monoisotopic (exact) mass is 265 g/mol. The number of hydrogen-bond donors (Lipinski definition) is 2. The van der Waals surface area contributed by atoms with Crippen LogP contribution in [0, 0.1) is 0 Å². The second-order valence-corrected chi connectivity index (χ2v) is 5.28. The lowest BCUT2D eigenvalue weighted by Gasteiger charge is -2.13. The summed E-state index contributed by atoms with van der Waals surface area (Å²) >= 11 is 0. The molecule has 108 valence electrons. The number of nitrogens with zero attached hydrogens (tertiary/aromatic N) is 1. The van der Waals surface area contributed by atoms with Crippen molar-refractivity contribution in [1.82, 2.24) is 15.2 Å². The zero-order valence-corrected chi connectivity index (χ0v) is 12.6. The van der Waals surface area contributed by atoms with Crippen molar-refractivity contribution >= 4 is 5.91 Å². The lowest BCUT2D eigenvalue weighted by Crippen LogP contribution is -2.30. The number of rotatable bonds is 8. The van der Waals surface area contributed by atoms with Crippen molar-refractivity contribution in [1.29, 1.82) is 0 Å². The maximum Gasteiger partial charge on any atom is 0.221 e. The minimum Gasteiger partial charge on any atom is -0.354 e. The molecule has 1 heterocycles. The number of nitrogens with one attached hydrogen (secondary N) is 2. The number of carbonyl (C=O) groups is 1. The second kappa shape index (κ2) is 8.00. The largest absolute Gasteiger partial charge is 0.354 e. The van der Waals surface area contributed by atoms with Crippen molar-refractivity contribution in [2.45, 2.75) is 58.7 Å². The predicted octanol–water partition coefficient (Wildman–Crippen LogP) is 2.46. The molecule has 0 aliphatic heterocycles. The van der Waals surface area contributed by atoms with E-state index >= 15 is 0 Å². The summed E-state index contributed by atoms with van der Waals surface area (Å²) in [6, 6.07) is 2.76. The van der Waals surface area contributed by atoms with E-state index in [1.807, 2.05) is 20.9 Å². The van der Waals surface area contributed by atoms with Gasteiger partial charge in [-0.25, -0.2) is 0 Å². The third-order valence-corrected chi connectivity index (χ3v) is 3.15. The molecule has 1 aromatic rings. The van der Waals surface area contributed by atoms with Crippen molar-refractivity contribution in [2.24, 2.45) is 0 Å². The summed E-state index contributed by atoms with van der Waals surface area (Å²) < 4.78 is 2.09. The van der Waals surface area contributed by atoms with Crippen LogP contribution in [-0.2, 0) is 11.3 Å². The van der Waals surface area contributed by atoms with Crippen LogP contribution in [-0.4, -0.2) is 23.6 Å². The van der Waals surface area contributed by atoms with Crippen molar-refractivity contribution in [3.8, 4) is 0 Å². The van der Waals surface area contributed by atoms with Crippen LogP contribution in [0.2, 0.25) is 0 Å². The highest BCUT2D eigenvalue weighted by molar-refractivity contribution is 5.76. The average molecular weight is 265 g/mol. The SMILES string of the molecule is CCCC(NC)c1ccn(CCC(=O)NC(C)C)c1. The highest BCUT2D eigenvalue weighted by Crippen LogP contribution is 2.18. The van der Waals surface area contributed by atoms with E-state index in [4.69, 9.17) is 0 Å². The Morgan fingerprint density at radius 2 is 2.16 bits per heavy atom. The Kier molecular flexibility index (Phi) is 6.64. The van der Waals surface area contributed by atoms with E-state index in [1.54, 1.807) is 0 Å². The summed E-state index contributed by atoms with van der Waals surface area (Å²) in [5, 5.41) is 6.24. The number of hydrogen-bond acceptors (Lipinski definition) is 2. The normalized spacial score (nSPS) is 12.7. The van der Waals surface area contributed by atoms with Crippen molar-refractivity contribution in [3.05, 3.63) is 24.0 Å². The first-order valence-electron chi connectivity index (χ1n) is 7.19. The van der Waals surface area contributed by atoms with Crippen LogP contribution in [0.15, 0.2) is 18.5 Å². The fourth-order valence-corrected chi connectivity index (χ4v) is 2.20. The van der Waals surface area contributed by atoms with Gasteiger partial charge in [0.2, 0.25) is 5.91 Å².